The Kier molecular flexibility index (Phi) is 15.1. The number of amides is 4. The van der Waals surface area contributed by atoms with Gasteiger partial charge in [-0.05, 0) is 133 Å². The lowest BCUT2D eigenvalue weighted by Crippen LogP contribution is -2.43. The molecule has 2 aliphatic carbocycles. The highest BCUT2D eigenvalue weighted by molar-refractivity contribution is 6.22. The average Bonchev–Trinajstić information content (AvgIpc) is 2.63. The molecule has 0 N–H and O–H groups in total. The molecule has 4 amide bonds. The van der Waals surface area contributed by atoms with Gasteiger partial charge in [0.05, 0.1) is 79.6 Å². The van der Waals surface area contributed by atoms with Crippen LogP contribution in [0.15, 0.2) is 119 Å². The fourth-order valence-electron chi connectivity index (χ4n) is 12.4. The number of hydrogen-bond acceptors (Lipinski definition) is 15. The minimum atomic E-state index is -0.404. The van der Waals surface area contributed by atoms with Crippen molar-refractivity contribution in [2.45, 2.75) is 64.0 Å². The second-order valence-electron chi connectivity index (χ2n) is 21.4. The smallest absolute Gasteiger partial charge is 0.261 e. The quantitative estimate of drug-likeness (QED) is 0.0436. The van der Waals surface area contributed by atoms with Gasteiger partial charge >= 0.3 is 0 Å². The second-order valence-corrected chi connectivity index (χ2v) is 21.4. The van der Waals surface area contributed by atoms with Gasteiger partial charge in [-0.2, -0.15) is 0 Å². The third-order valence-electron chi connectivity index (χ3n) is 17.1. The molecule has 19 nitrogen and oxygen atoms in total. The molecule has 8 aromatic rings. The fourth-order valence-corrected chi connectivity index (χ4v) is 12.4. The molecular weight excluding hydrogens is 1070 g/mol. The largest absolute Gasteiger partial charge is 0.497 e. The number of aryl methyl sites for hydroxylation is 2. The van der Waals surface area contributed by atoms with Crippen molar-refractivity contribution in [2.24, 2.45) is 11.8 Å². The molecule has 2 aromatic heterocycles. The lowest BCUT2D eigenvalue weighted by Gasteiger charge is -2.53. The van der Waals surface area contributed by atoms with Gasteiger partial charge in [-0.25, -0.2) is 9.97 Å². The molecule has 84 heavy (non-hydrogen) atoms. The van der Waals surface area contributed by atoms with Gasteiger partial charge in [-0.3, -0.25) is 47.7 Å². The Morgan fingerprint density at radius 2 is 1.00 bits per heavy atom. The number of fused-ring (bicyclic) bond motifs is 5. The lowest BCUT2D eigenvalue weighted by molar-refractivity contribution is 0.0210. The summed E-state index contributed by atoms with van der Waals surface area (Å²) in [6.07, 6.45) is 4.47. The van der Waals surface area contributed by atoms with Gasteiger partial charge in [-0.15, -0.1) is 0 Å². The molecule has 2 fully saturated rings. The zero-order valence-electron chi connectivity index (χ0n) is 47.3. The summed E-state index contributed by atoms with van der Waals surface area (Å²) < 4.78 is 43.6. The number of methoxy groups -OCH3 is 5. The summed E-state index contributed by atoms with van der Waals surface area (Å²) in [5.41, 5.74) is 4.45. The summed E-state index contributed by atoms with van der Waals surface area (Å²) in [7, 11) is 7.67. The van der Waals surface area contributed by atoms with Gasteiger partial charge < -0.3 is 33.2 Å². The van der Waals surface area contributed by atoms with Crippen LogP contribution in [0.5, 0.6) is 40.2 Å². The average molecular weight is 1140 g/mol. The molecular formula is C65H62N6O13. The van der Waals surface area contributed by atoms with Crippen molar-refractivity contribution in [1.82, 2.24) is 28.9 Å². The number of nitrogens with zero attached hydrogens (tertiary/aromatic N) is 6. The Morgan fingerprint density at radius 3 is 1.57 bits per heavy atom. The molecule has 430 valence electrons. The van der Waals surface area contributed by atoms with Crippen LogP contribution in [0.4, 0.5) is 0 Å². The summed E-state index contributed by atoms with van der Waals surface area (Å²) in [6, 6.07) is 31.7. The first-order valence-electron chi connectivity index (χ1n) is 28.2. The highest BCUT2D eigenvalue weighted by Gasteiger charge is 2.50. The Balaban J connectivity index is 0.753. The SMILES string of the molecule is COc1ccc2nc(CCN3C(=O)c4cccc(C5CC6CCC65)c4C3=O)n(CCc3ccc(OC)c(OCCOc4cc5c(=O)n(CCc6ccc(OC)c(OC)c6)c(CCN6C(=O)c7ccccc7C6=O)nc5cc4OC)c3)c(=O)c2c1. The Bertz CT molecular complexity index is 4060. The molecule has 2 saturated carbocycles. The van der Waals surface area contributed by atoms with Crippen molar-refractivity contribution < 1.29 is 52.3 Å². The molecule has 0 saturated heterocycles. The van der Waals surface area contributed by atoms with E-state index < -0.39 is 11.8 Å². The third-order valence-corrected chi connectivity index (χ3v) is 17.1. The van der Waals surface area contributed by atoms with Gasteiger partial charge in [0.1, 0.15) is 30.6 Å². The van der Waals surface area contributed by atoms with Gasteiger partial charge in [0.25, 0.3) is 34.7 Å². The number of ether oxygens (including phenoxy) is 7. The van der Waals surface area contributed by atoms with E-state index in [-0.39, 0.29) is 86.3 Å². The molecule has 3 atom stereocenters. The van der Waals surface area contributed by atoms with Crippen LogP contribution in [0, 0.1) is 11.8 Å². The van der Waals surface area contributed by atoms with E-state index >= 15 is 0 Å². The van der Waals surface area contributed by atoms with Crippen molar-refractivity contribution in [3.8, 4) is 40.2 Å². The normalized spacial score (nSPS) is 16.8. The maximum Gasteiger partial charge on any atom is 0.261 e. The van der Waals surface area contributed by atoms with E-state index in [0.717, 1.165) is 29.5 Å². The molecule has 6 aromatic carbocycles. The second kappa shape index (κ2) is 23.0. The first kappa shape index (κ1) is 55.0. The summed E-state index contributed by atoms with van der Waals surface area (Å²) >= 11 is 0. The Hall–Kier alpha value is -9.52. The minimum absolute atomic E-state index is 0.00378. The maximum absolute atomic E-state index is 14.7. The summed E-state index contributed by atoms with van der Waals surface area (Å²) in [5, 5.41) is 0.629. The number of rotatable bonds is 23. The van der Waals surface area contributed by atoms with Crippen LogP contribution in [0.1, 0.15) is 95.0 Å². The van der Waals surface area contributed by atoms with Gasteiger partial charge in [0, 0.05) is 45.1 Å². The minimum Gasteiger partial charge on any atom is -0.497 e. The molecule has 0 radical (unpaired) electrons. The van der Waals surface area contributed by atoms with Crippen molar-refractivity contribution in [1.29, 1.82) is 0 Å². The molecule has 3 unspecified atom stereocenters. The summed E-state index contributed by atoms with van der Waals surface area (Å²) in [4.78, 5) is 96.2. The predicted molar refractivity (Wildman–Crippen MR) is 311 cm³/mol. The van der Waals surface area contributed by atoms with E-state index in [2.05, 4.69) is 0 Å². The number of carbonyl (C=O) groups is 4. The first-order chi connectivity index (χ1) is 40.9. The van der Waals surface area contributed by atoms with Gasteiger partial charge in [0.2, 0.25) is 0 Å². The maximum atomic E-state index is 14.7. The Labute approximate surface area is 483 Å². The van der Waals surface area contributed by atoms with E-state index in [1.165, 1.54) is 37.6 Å². The fraction of sp³-hybridized carbons (Fsp3) is 0.323. The number of imide groups is 2. The molecule has 19 heteroatoms. The lowest BCUT2D eigenvalue weighted by atomic mass is 9.51. The van der Waals surface area contributed by atoms with Crippen molar-refractivity contribution in [3.05, 3.63) is 180 Å². The van der Waals surface area contributed by atoms with E-state index in [0.29, 0.717) is 115 Å². The van der Waals surface area contributed by atoms with Gasteiger partial charge in [-0.1, -0.05) is 36.4 Å². The monoisotopic (exact) mass is 1130 g/mol. The van der Waals surface area contributed by atoms with E-state index in [1.54, 1.807) is 96.2 Å². The standard InChI is InChI=1S/C65H62N6O13/c1-78-40-16-18-49-47(34-40)63(75)68(57(66-49)24-28-71-62(74)45-12-8-11-42(59(45)65(71)77)46-33-39-15-17-41(39)46)26-22-38-14-20-52(80-3)55(32-38)83-29-30-84-56-35-48-50(36-54(56)82-5)67-58(23-27-70-60(72)43-9-6-7-10-44(43)61(70)73)69(64(48)76)25-21-37-13-19-51(79-2)53(31-37)81-4/h6-14,16,18-20,31-32,34-36,39,41,46H,15,17,21-30,33H2,1-5H3. The van der Waals surface area contributed by atoms with Crippen LogP contribution >= 0.6 is 0 Å². The Morgan fingerprint density at radius 1 is 0.464 bits per heavy atom. The third kappa shape index (κ3) is 10.00. The van der Waals surface area contributed by atoms with Crippen LogP contribution in [0.25, 0.3) is 21.8 Å². The summed E-state index contributed by atoms with van der Waals surface area (Å²) in [6.45, 7) is 0.532. The molecule has 2 aliphatic heterocycles. The topological polar surface area (TPSA) is 209 Å². The van der Waals surface area contributed by atoms with Crippen molar-refractivity contribution in [2.75, 3.05) is 61.9 Å². The van der Waals surface area contributed by atoms with Crippen LogP contribution in [-0.4, -0.2) is 114 Å². The molecule has 12 rings (SSSR count). The van der Waals surface area contributed by atoms with E-state index in [9.17, 15) is 28.8 Å². The predicted octanol–water partition coefficient (Wildman–Crippen LogP) is 8.28. The molecule has 0 spiro atoms. The van der Waals surface area contributed by atoms with Crippen molar-refractivity contribution in [3.63, 3.8) is 0 Å². The van der Waals surface area contributed by atoms with E-state index in [1.807, 2.05) is 36.4 Å². The zero-order valence-corrected chi connectivity index (χ0v) is 47.3. The van der Waals surface area contributed by atoms with Crippen LogP contribution in [0.3, 0.4) is 0 Å². The van der Waals surface area contributed by atoms with E-state index in [4.69, 9.17) is 43.1 Å². The highest BCUT2D eigenvalue weighted by atomic mass is 16.5. The highest BCUT2D eigenvalue weighted by Crippen LogP contribution is 2.59. The van der Waals surface area contributed by atoms with Crippen LogP contribution in [0.2, 0.25) is 0 Å². The van der Waals surface area contributed by atoms with Crippen LogP contribution < -0.4 is 44.3 Å². The number of aromatic nitrogens is 4. The van der Waals surface area contributed by atoms with Crippen molar-refractivity contribution >= 4 is 45.4 Å². The summed E-state index contributed by atoms with van der Waals surface area (Å²) in [5.74, 6) is 4.04. The number of benzene rings is 6. The molecule has 4 aliphatic rings. The van der Waals surface area contributed by atoms with Crippen LogP contribution in [-0.2, 0) is 38.8 Å². The molecule has 0 bridgehead atoms. The first-order valence-corrected chi connectivity index (χ1v) is 28.2. The zero-order chi connectivity index (χ0) is 58.3. The number of carbonyl (C=O) groups excluding carboxylic acids is 4. The van der Waals surface area contributed by atoms with Gasteiger partial charge in [0.15, 0.2) is 34.5 Å². The number of hydrogen-bond donors (Lipinski definition) is 0. The molecule has 4 heterocycles.